The van der Waals surface area contributed by atoms with Gasteiger partial charge >= 0.3 is 0 Å². The minimum absolute atomic E-state index is 0.543. The molecule has 0 amide bonds. The fourth-order valence-electron chi connectivity index (χ4n) is 8.63. The summed E-state index contributed by atoms with van der Waals surface area (Å²) in [5.74, 6) is 1.72. The topological polar surface area (TPSA) is 69.6 Å². The summed E-state index contributed by atoms with van der Waals surface area (Å²) < 4.78 is 9.18. The van der Waals surface area contributed by atoms with Crippen LogP contribution in [0.15, 0.2) is 192 Å². The zero-order chi connectivity index (χ0) is 38.2. The zero-order valence-corrected chi connectivity index (χ0v) is 31.0. The second kappa shape index (κ2) is 12.8. The highest BCUT2D eigenvalue weighted by Gasteiger charge is 2.22. The molecule has 0 N–H and O–H groups in total. The number of hydrogen-bond donors (Lipinski definition) is 0. The first-order valence-corrected chi connectivity index (χ1v) is 19.4. The molecule has 0 saturated heterocycles. The highest BCUT2D eigenvalue weighted by atomic mass is 16.3. The van der Waals surface area contributed by atoms with Crippen LogP contribution >= 0.6 is 0 Å². The first kappa shape index (κ1) is 32.3. The largest absolute Gasteiger partial charge is 0.455 e. The Labute approximate surface area is 332 Å². The summed E-state index contributed by atoms with van der Waals surface area (Å²) >= 11 is 0. The first-order chi connectivity index (χ1) is 28.8. The van der Waals surface area contributed by atoms with Crippen molar-refractivity contribution in [3.05, 3.63) is 188 Å². The van der Waals surface area contributed by atoms with Crippen LogP contribution in [0.1, 0.15) is 0 Å². The van der Waals surface area contributed by atoms with E-state index < -0.39 is 0 Å². The predicted octanol–water partition coefficient (Wildman–Crippen LogP) is 13.2. The van der Waals surface area contributed by atoms with E-state index in [0.29, 0.717) is 17.5 Å². The van der Waals surface area contributed by atoms with Gasteiger partial charge in [-0.15, -0.1) is 0 Å². The highest BCUT2D eigenvalue weighted by Crippen LogP contribution is 2.43. The van der Waals surface area contributed by atoms with Crippen LogP contribution < -0.4 is 0 Å². The Morgan fingerprint density at radius 1 is 0.379 bits per heavy atom. The van der Waals surface area contributed by atoms with Crippen molar-refractivity contribution >= 4 is 65.4 Å². The average Bonchev–Trinajstić information content (AvgIpc) is 3.85. The second-order valence-electron chi connectivity index (χ2n) is 14.6. The number of benzene rings is 8. The molecule has 8 aromatic carbocycles. The number of hydrogen-bond acceptors (Lipinski definition) is 5. The van der Waals surface area contributed by atoms with E-state index >= 15 is 0 Å². The molecule has 0 atom stereocenters. The lowest BCUT2D eigenvalue weighted by Crippen LogP contribution is -2.00. The van der Waals surface area contributed by atoms with Gasteiger partial charge in [0.1, 0.15) is 11.2 Å². The van der Waals surface area contributed by atoms with Crippen molar-refractivity contribution in [2.45, 2.75) is 0 Å². The Bertz CT molecular complexity index is 3560. The van der Waals surface area contributed by atoms with E-state index in [0.717, 1.165) is 99.1 Å². The Balaban J connectivity index is 1.10. The molecule has 58 heavy (non-hydrogen) atoms. The van der Waals surface area contributed by atoms with Crippen LogP contribution in [0, 0.1) is 0 Å². The SMILES string of the molecule is c1ccc(-c2nc(-c3ccc4c(c3)c3ccccc3n4-c3ccccc3)nc(-c3cccc4c3oc3ccc5c(-c6ccccc6)nc6ccccc6c5c34)n2)cc1. The van der Waals surface area contributed by atoms with E-state index in [-0.39, 0.29) is 0 Å². The van der Waals surface area contributed by atoms with Crippen LogP contribution in [0.3, 0.4) is 0 Å². The number of pyridine rings is 1. The van der Waals surface area contributed by atoms with Crippen LogP contribution in [-0.4, -0.2) is 24.5 Å². The van der Waals surface area contributed by atoms with Crippen molar-refractivity contribution in [2.24, 2.45) is 0 Å². The van der Waals surface area contributed by atoms with Gasteiger partial charge in [-0.05, 0) is 60.7 Å². The van der Waals surface area contributed by atoms with Crippen LogP contribution in [0.25, 0.3) is 117 Å². The molecule has 6 nitrogen and oxygen atoms in total. The number of furan rings is 1. The van der Waals surface area contributed by atoms with Gasteiger partial charge in [0.2, 0.25) is 0 Å². The predicted molar refractivity (Wildman–Crippen MR) is 236 cm³/mol. The summed E-state index contributed by atoms with van der Waals surface area (Å²) in [6.07, 6.45) is 0. The molecule has 12 rings (SSSR count). The third-order valence-electron chi connectivity index (χ3n) is 11.2. The van der Waals surface area contributed by atoms with Gasteiger partial charge in [0.15, 0.2) is 17.5 Å². The quantitative estimate of drug-likeness (QED) is 0.164. The molecule has 0 aliphatic heterocycles. The summed E-state index contributed by atoms with van der Waals surface area (Å²) in [7, 11) is 0. The van der Waals surface area contributed by atoms with Crippen molar-refractivity contribution in [2.75, 3.05) is 0 Å². The maximum atomic E-state index is 6.86. The van der Waals surface area contributed by atoms with Gasteiger partial charge in [0.05, 0.1) is 27.8 Å². The number of rotatable bonds is 5. The molecule has 0 aliphatic rings. The van der Waals surface area contributed by atoms with E-state index in [9.17, 15) is 0 Å². The molecular weight excluding hydrogens is 711 g/mol. The van der Waals surface area contributed by atoms with Crippen LogP contribution in [0.5, 0.6) is 0 Å². The van der Waals surface area contributed by atoms with Gasteiger partial charge in [-0.2, -0.15) is 0 Å². The molecule has 270 valence electrons. The smallest absolute Gasteiger partial charge is 0.167 e. The number of para-hydroxylation sites is 4. The Hall–Kier alpha value is -7.96. The van der Waals surface area contributed by atoms with Crippen molar-refractivity contribution in [3.8, 4) is 51.1 Å². The summed E-state index contributed by atoms with van der Waals surface area (Å²) in [6, 6.07) is 64.9. The normalized spacial score (nSPS) is 11.8. The standard InChI is InChI=1S/C52H31N5O/c1-4-15-32(16-5-1)48-38-28-30-45-47(46(38)37-22-10-12-25-42(37)53-48)39-23-14-24-40(49(39)58-45)52-55-50(33-17-6-2-7-18-33)54-51(56-52)34-27-29-44-41(31-34)36-21-11-13-26-43(36)57(44)35-19-8-3-9-20-35/h1-31H. The summed E-state index contributed by atoms with van der Waals surface area (Å²) in [5.41, 5.74) is 10.5. The van der Waals surface area contributed by atoms with E-state index in [1.165, 1.54) is 0 Å². The lowest BCUT2D eigenvalue weighted by atomic mass is 9.96. The molecule has 0 spiro atoms. The fourth-order valence-corrected chi connectivity index (χ4v) is 8.63. The molecule has 0 radical (unpaired) electrons. The summed E-state index contributed by atoms with van der Waals surface area (Å²) in [5, 5.41) is 7.59. The van der Waals surface area contributed by atoms with Gasteiger partial charge < -0.3 is 8.98 Å². The molecular formula is C52H31N5O. The van der Waals surface area contributed by atoms with Crippen LogP contribution in [-0.2, 0) is 0 Å². The van der Waals surface area contributed by atoms with Crippen molar-refractivity contribution in [1.82, 2.24) is 24.5 Å². The highest BCUT2D eigenvalue weighted by molar-refractivity contribution is 6.29. The minimum Gasteiger partial charge on any atom is -0.455 e. The number of fused-ring (bicyclic) bond motifs is 10. The fraction of sp³-hybridized carbons (Fsp3) is 0. The minimum atomic E-state index is 0.543. The molecule has 0 bridgehead atoms. The molecule has 0 fully saturated rings. The van der Waals surface area contributed by atoms with E-state index in [4.69, 9.17) is 24.4 Å². The molecule has 12 aromatic rings. The molecule has 0 aliphatic carbocycles. The Morgan fingerprint density at radius 2 is 1.02 bits per heavy atom. The first-order valence-electron chi connectivity index (χ1n) is 19.4. The maximum Gasteiger partial charge on any atom is 0.167 e. The second-order valence-corrected chi connectivity index (χ2v) is 14.6. The zero-order valence-electron chi connectivity index (χ0n) is 31.0. The van der Waals surface area contributed by atoms with Crippen LogP contribution in [0.2, 0.25) is 0 Å². The van der Waals surface area contributed by atoms with E-state index in [1.54, 1.807) is 0 Å². The summed E-state index contributed by atoms with van der Waals surface area (Å²) in [4.78, 5) is 20.7. The van der Waals surface area contributed by atoms with Gasteiger partial charge in [-0.25, -0.2) is 19.9 Å². The van der Waals surface area contributed by atoms with Crippen molar-refractivity contribution in [1.29, 1.82) is 0 Å². The molecule has 0 saturated carbocycles. The molecule has 0 unspecified atom stereocenters. The lowest BCUT2D eigenvalue weighted by Gasteiger charge is -2.11. The number of nitrogens with zero attached hydrogens (tertiary/aromatic N) is 5. The number of aromatic nitrogens is 5. The molecule has 4 heterocycles. The Kier molecular flexibility index (Phi) is 7.13. The summed E-state index contributed by atoms with van der Waals surface area (Å²) in [6.45, 7) is 0. The monoisotopic (exact) mass is 741 g/mol. The molecule has 6 heteroatoms. The third-order valence-corrected chi connectivity index (χ3v) is 11.2. The van der Waals surface area contributed by atoms with Gasteiger partial charge in [0, 0.05) is 60.1 Å². The maximum absolute atomic E-state index is 6.86. The van der Waals surface area contributed by atoms with Crippen LogP contribution in [0.4, 0.5) is 0 Å². The average molecular weight is 742 g/mol. The van der Waals surface area contributed by atoms with Crippen molar-refractivity contribution in [3.63, 3.8) is 0 Å². The third kappa shape index (κ3) is 4.98. The Morgan fingerprint density at radius 3 is 1.83 bits per heavy atom. The lowest BCUT2D eigenvalue weighted by molar-refractivity contribution is 0.670. The van der Waals surface area contributed by atoms with E-state index in [2.05, 4.69) is 138 Å². The van der Waals surface area contributed by atoms with Gasteiger partial charge in [-0.3, -0.25) is 0 Å². The van der Waals surface area contributed by atoms with E-state index in [1.807, 2.05) is 54.6 Å². The molecule has 4 aromatic heterocycles. The van der Waals surface area contributed by atoms with Gasteiger partial charge in [-0.1, -0.05) is 127 Å². The van der Waals surface area contributed by atoms with Gasteiger partial charge in [0.25, 0.3) is 0 Å². The van der Waals surface area contributed by atoms with Crippen molar-refractivity contribution < 1.29 is 4.42 Å².